The summed E-state index contributed by atoms with van der Waals surface area (Å²) in [5.74, 6) is 0.721. The Morgan fingerprint density at radius 3 is 2.50 bits per heavy atom. The highest BCUT2D eigenvalue weighted by atomic mass is 16.3. The molecule has 0 bridgehead atoms. The van der Waals surface area contributed by atoms with Gasteiger partial charge in [0.1, 0.15) is 11.6 Å². The van der Waals surface area contributed by atoms with E-state index in [4.69, 9.17) is 4.98 Å². The summed E-state index contributed by atoms with van der Waals surface area (Å²) in [6.45, 7) is 2.33. The third-order valence-corrected chi connectivity index (χ3v) is 4.75. The largest absolute Gasteiger partial charge is 0.508 e. The fraction of sp³-hybridized carbons (Fsp3) is 0.125. The maximum atomic E-state index is 12.3. The van der Waals surface area contributed by atoms with Crippen molar-refractivity contribution in [1.82, 2.24) is 20.3 Å². The predicted molar refractivity (Wildman–Crippen MR) is 116 cm³/mol. The molecule has 6 nitrogen and oxygen atoms in total. The first-order valence-corrected chi connectivity index (χ1v) is 9.70. The number of imidazole rings is 1. The Labute approximate surface area is 174 Å². The number of phenols is 1. The van der Waals surface area contributed by atoms with Crippen LogP contribution in [-0.4, -0.2) is 26.0 Å². The van der Waals surface area contributed by atoms with Crippen LogP contribution in [0.15, 0.2) is 72.9 Å². The number of carbonyl (C=O) groups is 1. The molecule has 0 fully saturated rings. The molecule has 150 valence electrons. The number of aromatic hydroxyl groups is 1. The van der Waals surface area contributed by atoms with Gasteiger partial charge in [-0.25, -0.2) is 4.98 Å². The Kier molecular flexibility index (Phi) is 5.57. The van der Waals surface area contributed by atoms with Crippen molar-refractivity contribution in [2.24, 2.45) is 0 Å². The molecular weight excluding hydrogens is 376 g/mol. The number of nitrogens with one attached hydrogen (secondary N) is 2. The molecule has 0 aliphatic heterocycles. The van der Waals surface area contributed by atoms with Crippen LogP contribution >= 0.6 is 0 Å². The smallest absolute Gasteiger partial charge is 0.224 e. The molecule has 0 saturated carbocycles. The molecular formula is C24H22N4O2. The van der Waals surface area contributed by atoms with Crippen LogP contribution in [0.1, 0.15) is 17.0 Å². The van der Waals surface area contributed by atoms with Crippen LogP contribution in [0.3, 0.4) is 0 Å². The van der Waals surface area contributed by atoms with Gasteiger partial charge in [0, 0.05) is 11.8 Å². The molecule has 0 aliphatic rings. The molecule has 30 heavy (non-hydrogen) atoms. The quantitative estimate of drug-likeness (QED) is 0.458. The third kappa shape index (κ3) is 4.55. The molecule has 0 unspecified atom stereocenters. The summed E-state index contributed by atoms with van der Waals surface area (Å²) < 4.78 is 0. The number of pyridine rings is 1. The van der Waals surface area contributed by atoms with Gasteiger partial charge in [0.2, 0.25) is 5.91 Å². The van der Waals surface area contributed by atoms with Crippen LogP contribution in [0.2, 0.25) is 0 Å². The Balaban J connectivity index is 1.54. The lowest BCUT2D eigenvalue weighted by Crippen LogP contribution is -2.25. The van der Waals surface area contributed by atoms with Crippen molar-refractivity contribution < 1.29 is 9.90 Å². The zero-order chi connectivity index (χ0) is 20.9. The number of rotatable bonds is 6. The summed E-state index contributed by atoms with van der Waals surface area (Å²) >= 11 is 0. The Bertz CT molecular complexity index is 1130. The van der Waals surface area contributed by atoms with Crippen LogP contribution in [-0.2, 0) is 17.8 Å². The minimum absolute atomic E-state index is 0.117. The lowest BCUT2D eigenvalue weighted by Gasteiger charge is -2.04. The van der Waals surface area contributed by atoms with Gasteiger partial charge in [0.25, 0.3) is 0 Å². The van der Waals surface area contributed by atoms with Crippen molar-refractivity contribution in [1.29, 1.82) is 0 Å². The maximum absolute atomic E-state index is 12.3. The van der Waals surface area contributed by atoms with Crippen molar-refractivity contribution in [3.63, 3.8) is 0 Å². The second-order valence-electron chi connectivity index (χ2n) is 7.11. The second kappa shape index (κ2) is 8.61. The summed E-state index contributed by atoms with van der Waals surface area (Å²) in [4.78, 5) is 24.8. The molecule has 1 amide bonds. The Hall–Kier alpha value is -3.93. The van der Waals surface area contributed by atoms with Gasteiger partial charge >= 0.3 is 0 Å². The maximum Gasteiger partial charge on any atom is 0.224 e. The molecule has 2 heterocycles. The van der Waals surface area contributed by atoms with E-state index in [-0.39, 0.29) is 24.6 Å². The summed E-state index contributed by atoms with van der Waals surface area (Å²) in [5.41, 5.74) is 5.41. The first-order valence-electron chi connectivity index (χ1n) is 9.70. The summed E-state index contributed by atoms with van der Waals surface area (Å²) in [6.07, 6.45) is 1.98. The number of aromatic nitrogens is 3. The standard InChI is InChI=1S/C24H22N4O2/c1-16-5-9-18(10-6-16)23-24(20-4-2-3-13-25-20)28-21(27-23)15-26-22(30)14-17-7-11-19(29)12-8-17/h2-13,29H,14-15H2,1H3,(H,26,30)(H,27,28). The first kappa shape index (κ1) is 19.4. The van der Waals surface area contributed by atoms with Gasteiger partial charge in [-0.3, -0.25) is 9.78 Å². The van der Waals surface area contributed by atoms with Crippen LogP contribution in [0.4, 0.5) is 0 Å². The number of aryl methyl sites for hydroxylation is 1. The topological polar surface area (TPSA) is 90.9 Å². The number of hydrogen-bond acceptors (Lipinski definition) is 4. The van der Waals surface area contributed by atoms with Crippen molar-refractivity contribution in [2.75, 3.05) is 0 Å². The van der Waals surface area contributed by atoms with Gasteiger partial charge in [0.05, 0.1) is 30.0 Å². The van der Waals surface area contributed by atoms with E-state index in [1.54, 1.807) is 30.5 Å². The van der Waals surface area contributed by atoms with E-state index >= 15 is 0 Å². The van der Waals surface area contributed by atoms with Gasteiger partial charge < -0.3 is 15.4 Å². The number of amides is 1. The summed E-state index contributed by atoms with van der Waals surface area (Å²) in [6, 6.07) is 20.5. The van der Waals surface area contributed by atoms with Crippen molar-refractivity contribution in [3.05, 3.63) is 89.9 Å². The highest BCUT2D eigenvalue weighted by Gasteiger charge is 2.15. The molecule has 4 aromatic rings. The van der Waals surface area contributed by atoms with Crippen LogP contribution in [0.5, 0.6) is 5.75 Å². The van der Waals surface area contributed by atoms with Gasteiger partial charge in [-0.05, 0) is 36.8 Å². The molecule has 2 aromatic heterocycles. The molecule has 0 atom stereocenters. The van der Waals surface area contributed by atoms with E-state index in [9.17, 15) is 9.90 Å². The van der Waals surface area contributed by atoms with Crippen LogP contribution in [0.25, 0.3) is 22.6 Å². The molecule has 6 heteroatoms. The van der Waals surface area contributed by atoms with Gasteiger partial charge in [-0.15, -0.1) is 0 Å². The van der Waals surface area contributed by atoms with Gasteiger partial charge in [-0.1, -0.05) is 48.0 Å². The van der Waals surface area contributed by atoms with Crippen molar-refractivity contribution in [2.45, 2.75) is 19.9 Å². The zero-order valence-corrected chi connectivity index (χ0v) is 16.6. The number of benzene rings is 2. The monoisotopic (exact) mass is 398 g/mol. The molecule has 0 aliphatic carbocycles. The molecule has 0 saturated heterocycles. The molecule has 0 spiro atoms. The average Bonchev–Trinajstić information content (AvgIpc) is 3.19. The molecule has 2 aromatic carbocycles. The van der Waals surface area contributed by atoms with E-state index in [0.29, 0.717) is 5.82 Å². The summed E-state index contributed by atoms with van der Waals surface area (Å²) in [5, 5.41) is 12.3. The van der Waals surface area contributed by atoms with Crippen LogP contribution in [0, 0.1) is 6.92 Å². The number of carbonyl (C=O) groups excluding carboxylic acids is 1. The van der Waals surface area contributed by atoms with Gasteiger partial charge in [0.15, 0.2) is 0 Å². The highest BCUT2D eigenvalue weighted by molar-refractivity contribution is 5.79. The first-order chi connectivity index (χ1) is 14.6. The normalized spacial score (nSPS) is 10.7. The predicted octanol–water partition coefficient (Wildman–Crippen LogP) is 4.01. The Morgan fingerprint density at radius 2 is 1.80 bits per heavy atom. The van der Waals surface area contributed by atoms with E-state index < -0.39 is 0 Å². The minimum Gasteiger partial charge on any atom is -0.508 e. The Morgan fingerprint density at radius 1 is 1.03 bits per heavy atom. The summed E-state index contributed by atoms with van der Waals surface area (Å²) in [7, 11) is 0. The number of H-pyrrole nitrogens is 1. The van der Waals surface area contributed by atoms with E-state index in [2.05, 4.69) is 15.3 Å². The zero-order valence-electron chi connectivity index (χ0n) is 16.6. The third-order valence-electron chi connectivity index (χ3n) is 4.75. The average molecular weight is 398 g/mol. The molecule has 3 N–H and O–H groups in total. The number of hydrogen-bond donors (Lipinski definition) is 3. The van der Waals surface area contributed by atoms with E-state index in [0.717, 1.165) is 28.2 Å². The number of nitrogens with zero attached hydrogens (tertiary/aromatic N) is 2. The lowest BCUT2D eigenvalue weighted by molar-refractivity contribution is -0.120. The fourth-order valence-corrected chi connectivity index (χ4v) is 3.17. The fourth-order valence-electron chi connectivity index (χ4n) is 3.17. The molecule has 4 rings (SSSR count). The molecule has 0 radical (unpaired) electrons. The van der Waals surface area contributed by atoms with Crippen LogP contribution < -0.4 is 5.32 Å². The number of aromatic amines is 1. The number of phenolic OH excluding ortho intramolecular Hbond substituents is 1. The van der Waals surface area contributed by atoms with E-state index in [1.807, 2.05) is 49.4 Å². The van der Waals surface area contributed by atoms with E-state index in [1.165, 1.54) is 5.56 Å². The van der Waals surface area contributed by atoms with Crippen molar-refractivity contribution >= 4 is 5.91 Å². The van der Waals surface area contributed by atoms with Crippen molar-refractivity contribution in [3.8, 4) is 28.4 Å². The SMILES string of the molecule is Cc1ccc(-c2nc(CNC(=O)Cc3ccc(O)cc3)[nH]c2-c2ccccn2)cc1. The second-order valence-corrected chi connectivity index (χ2v) is 7.11. The van der Waals surface area contributed by atoms with Gasteiger partial charge in [-0.2, -0.15) is 0 Å². The highest BCUT2D eigenvalue weighted by Crippen LogP contribution is 2.29. The lowest BCUT2D eigenvalue weighted by atomic mass is 10.1. The minimum atomic E-state index is -0.117.